The molecule has 2 N–H and O–H groups in total. The Bertz CT molecular complexity index is 1030. The van der Waals surface area contributed by atoms with Gasteiger partial charge < -0.3 is 10.1 Å². The average molecular weight is 305 g/mol. The molecule has 114 valence electrons. The van der Waals surface area contributed by atoms with Crippen molar-refractivity contribution in [2.75, 3.05) is 0 Å². The zero-order chi connectivity index (χ0) is 16.0. The van der Waals surface area contributed by atoms with Gasteiger partial charge in [-0.1, -0.05) is 29.8 Å². The molecule has 0 aliphatic carbocycles. The number of fused-ring (bicyclic) bond motifs is 3. The monoisotopic (exact) mass is 305 g/mol. The molecule has 2 aromatic rings. The lowest BCUT2D eigenvalue weighted by molar-refractivity contribution is 0.282. The first-order valence-corrected chi connectivity index (χ1v) is 7.38. The zero-order valence-corrected chi connectivity index (χ0v) is 12.6. The molecule has 2 aliphatic rings. The van der Waals surface area contributed by atoms with E-state index in [0.717, 1.165) is 27.7 Å². The van der Waals surface area contributed by atoms with E-state index < -0.39 is 0 Å². The fourth-order valence-electron chi connectivity index (χ4n) is 2.77. The van der Waals surface area contributed by atoms with Crippen LogP contribution in [0.15, 0.2) is 53.5 Å². The molecule has 0 amide bonds. The van der Waals surface area contributed by atoms with E-state index in [1.807, 2.05) is 49.4 Å². The highest BCUT2D eigenvalue weighted by Crippen LogP contribution is 2.26. The molecule has 0 saturated carbocycles. The summed E-state index contributed by atoms with van der Waals surface area (Å²) in [6.07, 6.45) is 1.68. The van der Waals surface area contributed by atoms with E-state index in [-0.39, 0.29) is 12.2 Å². The number of rotatable bonds is 2. The predicted molar refractivity (Wildman–Crippen MR) is 89.0 cm³/mol. The van der Waals surface area contributed by atoms with Crippen LogP contribution in [0.1, 0.15) is 11.1 Å². The summed E-state index contributed by atoms with van der Waals surface area (Å²) < 4.78 is 1.43. The average Bonchev–Trinajstić information content (AvgIpc) is 2.92. The number of nitrogens with one attached hydrogen (secondary N) is 1. The van der Waals surface area contributed by atoms with Crippen molar-refractivity contribution >= 4 is 10.9 Å². The van der Waals surface area contributed by atoms with E-state index in [2.05, 4.69) is 10.1 Å². The highest BCUT2D eigenvalue weighted by atomic mass is 16.3. The number of aliphatic hydroxyl groups is 1. The second-order valence-electron chi connectivity index (χ2n) is 5.64. The Labute approximate surface area is 132 Å². The Morgan fingerprint density at radius 3 is 2.70 bits per heavy atom. The van der Waals surface area contributed by atoms with Crippen LogP contribution >= 0.6 is 0 Å². The summed E-state index contributed by atoms with van der Waals surface area (Å²) in [6, 6.07) is 13.3. The molecule has 2 heterocycles. The van der Waals surface area contributed by atoms with Crippen molar-refractivity contribution in [1.82, 2.24) is 14.8 Å². The summed E-state index contributed by atoms with van der Waals surface area (Å²) in [5, 5.41) is 14.6. The summed E-state index contributed by atoms with van der Waals surface area (Å²) in [6.45, 7) is 1.98. The van der Waals surface area contributed by atoms with Gasteiger partial charge in [-0.25, -0.2) is 0 Å². The minimum Gasteiger partial charge on any atom is -0.392 e. The molecule has 0 spiro atoms. The summed E-state index contributed by atoms with van der Waals surface area (Å²) in [4.78, 5) is 15.7. The van der Waals surface area contributed by atoms with E-state index in [4.69, 9.17) is 0 Å². The number of aromatic amines is 1. The number of hydrogen-bond donors (Lipinski definition) is 2. The zero-order valence-electron chi connectivity index (χ0n) is 12.6. The van der Waals surface area contributed by atoms with Gasteiger partial charge in [0.1, 0.15) is 5.69 Å². The Morgan fingerprint density at radius 1 is 1.17 bits per heavy atom. The first-order chi connectivity index (χ1) is 11.2. The van der Waals surface area contributed by atoms with Crippen LogP contribution in [0.4, 0.5) is 0 Å². The van der Waals surface area contributed by atoms with E-state index in [1.54, 1.807) is 6.20 Å². The maximum absolute atomic E-state index is 12.6. The van der Waals surface area contributed by atoms with Gasteiger partial charge >= 0.3 is 0 Å². The number of nitrogens with zero attached hydrogens (tertiary/aromatic N) is 2. The molecule has 0 fully saturated rings. The van der Waals surface area contributed by atoms with Crippen LogP contribution in [0, 0.1) is 6.92 Å². The fraction of sp³-hybridized carbons (Fsp3) is 0.111. The Kier molecular flexibility index (Phi) is 3.02. The van der Waals surface area contributed by atoms with E-state index in [9.17, 15) is 9.90 Å². The summed E-state index contributed by atoms with van der Waals surface area (Å²) in [7, 11) is 0. The third kappa shape index (κ3) is 2.13. The van der Waals surface area contributed by atoms with E-state index >= 15 is 0 Å². The molecule has 0 bridgehead atoms. The second kappa shape index (κ2) is 5.07. The molecule has 0 aromatic heterocycles. The SMILES string of the molecule is Cc1ccc(-n2nc3c4ccc(CO)cc4[nH]cc-3c2=O)cc1. The molecule has 2 aliphatic heterocycles. The van der Waals surface area contributed by atoms with Gasteiger partial charge in [-0.05, 0) is 30.7 Å². The van der Waals surface area contributed by atoms with Gasteiger partial charge in [0.05, 0.1) is 17.9 Å². The second-order valence-corrected chi connectivity index (χ2v) is 5.64. The van der Waals surface area contributed by atoms with Crippen LogP contribution < -0.4 is 5.56 Å². The van der Waals surface area contributed by atoms with E-state index in [0.29, 0.717) is 11.3 Å². The summed E-state index contributed by atoms with van der Waals surface area (Å²) in [5.41, 5.74) is 4.60. The number of benzene rings is 2. The van der Waals surface area contributed by atoms with Crippen LogP contribution in [0.5, 0.6) is 0 Å². The third-order valence-corrected chi connectivity index (χ3v) is 4.05. The lowest BCUT2D eigenvalue weighted by Gasteiger charge is -2.04. The molecule has 5 nitrogen and oxygen atoms in total. The lowest BCUT2D eigenvalue weighted by Crippen LogP contribution is -2.14. The molecule has 23 heavy (non-hydrogen) atoms. The van der Waals surface area contributed by atoms with Gasteiger partial charge in [0.15, 0.2) is 0 Å². The molecule has 0 atom stereocenters. The molecular formula is C18H15N3O2. The molecule has 5 heteroatoms. The number of aliphatic hydroxyl groups excluding tert-OH is 1. The number of aryl methyl sites for hydroxylation is 1. The minimum absolute atomic E-state index is 0.0214. The fourth-order valence-corrected chi connectivity index (χ4v) is 2.77. The van der Waals surface area contributed by atoms with Gasteiger partial charge in [0.25, 0.3) is 5.56 Å². The predicted octanol–water partition coefficient (Wildman–Crippen LogP) is 2.62. The molecular weight excluding hydrogens is 290 g/mol. The van der Waals surface area contributed by atoms with Crippen LogP contribution in [0.2, 0.25) is 0 Å². The maximum Gasteiger partial charge on any atom is 0.282 e. The van der Waals surface area contributed by atoms with Crippen LogP contribution in [0.25, 0.3) is 27.8 Å². The first kappa shape index (κ1) is 13.7. The minimum atomic E-state index is -0.145. The topological polar surface area (TPSA) is 70.9 Å². The van der Waals surface area contributed by atoms with Crippen molar-refractivity contribution in [3.8, 4) is 16.9 Å². The summed E-state index contributed by atoms with van der Waals surface area (Å²) >= 11 is 0. The van der Waals surface area contributed by atoms with Crippen molar-refractivity contribution in [3.05, 3.63) is 70.1 Å². The largest absolute Gasteiger partial charge is 0.392 e. The van der Waals surface area contributed by atoms with Gasteiger partial charge in [0, 0.05) is 17.1 Å². The maximum atomic E-state index is 12.6. The smallest absolute Gasteiger partial charge is 0.282 e. The highest BCUT2D eigenvalue weighted by molar-refractivity contribution is 5.93. The third-order valence-electron chi connectivity index (χ3n) is 4.05. The van der Waals surface area contributed by atoms with Crippen LogP contribution in [-0.4, -0.2) is 19.9 Å². The normalized spacial score (nSPS) is 11.4. The van der Waals surface area contributed by atoms with Gasteiger partial charge in [-0.15, -0.1) is 0 Å². The molecule has 0 radical (unpaired) electrons. The van der Waals surface area contributed by atoms with Crippen molar-refractivity contribution < 1.29 is 5.11 Å². The van der Waals surface area contributed by atoms with Crippen molar-refractivity contribution in [2.24, 2.45) is 0 Å². The lowest BCUT2D eigenvalue weighted by atomic mass is 10.1. The number of H-pyrrole nitrogens is 1. The molecule has 0 saturated heterocycles. The van der Waals surface area contributed by atoms with Crippen molar-refractivity contribution in [2.45, 2.75) is 13.5 Å². The van der Waals surface area contributed by atoms with E-state index in [1.165, 1.54) is 4.68 Å². The van der Waals surface area contributed by atoms with Crippen molar-refractivity contribution in [3.63, 3.8) is 0 Å². The Morgan fingerprint density at radius 2 is 1.96 bits per heavy atom. The van der Waals surface area contributed by atoms with Crippen molar-refractivity contribution in [1.29, 1.82) is 0 Å². The van der Waals surface area contributed by atoms with Gasteiger partial charge in [-0.2, -0.15) is 9.78 Å². The van der Waals surface area contributed by atoms with Crippen LogP contribution in [-0.2, 0) is 6.61 Å². The Balaban J connectivity index is 1.99. The Hall–Kier alpha value is -2.92. The quantitative estimate of drug-likeness (QED) is 0.598. The first-order valence-electron chi connectivity index (χ1n) is 7.38. The molecule has 2 aromatic carbocycles. The van der Waals surface area contributed by atoms with Gasteiger partial charge in [0.2, 0.25) is 0 Å². The standard InChI is InChI=1S/C18H15N3O2/c1-11-2-5-13(6-3-11)21-18(23)15-9-19-16-8-12(10-22)4-7-14(16)17(15)20-21/h2-9,19,22H,10H2,1H3. The number of pyridine rings is 1. The number of hydrogen-bond acceptors (Lipinski definition) is 3. The van der Waals surface area contributed by atoms with Gasteiger partial charge in [-0.3, -0.25) is 4.79 Å². The molecule has 0 unspecified atom stereocenters. The van der Waals surface area contributed by atoms with Crippen LogP contribution in [0.3, 0.4) is 0 Å². The molecule has 4 rings (SSSR count). The summed E-state index contributed by atoms with van der Waals surface area (Å²) in [5.74, 6) is 0. The highest BCUT2D eigenvalue weighted by Gasteiger charge is 2.18. The number of aromatic nitrogens is 3.